The first kappa shape index (κ1) is 22.5. The van der Waals surface area contributed by atoms with Crippen molar-refractivity contribution < 1.29 is 4.39 Å². The first-order valence-corrected chi connectivity index (χ1v) is 11.6. The van der Waals surface area contributed by atoms with Crippen molar-refractivity contribution in [3.05, 3.63) is 113 Å². The van der Waals surface area contributed by atoms with E-state index in [1.807, 2.05) is 12.1 Å². The minimum Gasteiger partial charge on any atom is -0.356 e. The number of pyridine rings is 1. The summed E-state index contributed by atoms with van der Waals surface area (Å²) >= 11 is 0. The first-order valence-electron chi connectivity index (χ1n) is 11.6. The Labute approximate surface area is 202 Å². The second-order valence-corrected chi connectivity index (χ2v) is 8.43. The molecule has 0 atom stereocenters. The van der Waals surface area contributed by atoms with Crippen molar-refractivity contribution in [1.29, 1.82) is 0 Å². The molecule has 0 aliphatic carbocycles. The molecule has 1 N–H and O–H groups in total. The molecule has 174 valence electrons. The number of hydrogen-bond donors (Lipinski definition) is 1. The van der Waals surface area contributed by atoms with E-state index < -0.39 is 0 Å². The third kappa shape index (κ3) is 4.68. The van der Waals surface area contributed by atoms with E-state index in [-0.39, 0.29) is 11.4 Å². The second kappa shape index (κ2) is 9.89. The van der Waals surface area contributed by atoms with Crippen molar-refractivity contribution in [2.75, 3.05) is 11.9 Å². The molecule has 0 aliphatic heterocycles. The molecule has 2 aromatic heterocycles. The van der Waals surface area contributed by atoms with Crippen LogP contribution in [0.15, 0.2) is 96.1 Å². The van der Waals surface area contributed by atoms with Crippen molar-refractivity contribution in [3.8, 4) is 22.4 Å². The Hall–Kier alpha value is -4.32. The molecule has 5 aromatic rings. The fourth-order valence-corrected chi connectivity index (χ4v) is 4.35. The molecule has 0 radical (unpaired) electrons. The van der Waals surface area contributed by atoms with Gasteiger partial charge in [-0.25, -0.2) is 9.37 Å². The van der Waals surface area contributed by atoms with Crippen molar-refractivity contribution in [2.24, 2.45) is 7.05 Å². The van der Waals surface area contributed by atoms with Crippen molar-refractivity contribution in [2.45, 2.75) is 12.8 Å². The highest BCUT2D eigenvalue weighted by Crippen LogP contribution is 2.29. The number of nitrogens with zero attached hydrogens (tertiary/aromatic N) is 3. The summed E-state index contributed by atoms with van der Waals surface area (Å²) in [4.78, 5) is 22.4. The Morgan fingerprint density at radius 3 is 2.43 bits per heavy atom. The molecule has 3 aromatic carbocycles. The number of benzene rings is 3. The van der Waals surface area contributed by atoms with E-state index in [4.69, 9.17) is 4.98 Å². The van der Waals surface area contributed by atoms with Crippen LogP contribution < -0.4 is 10.9 Å². The lowest BCUT2D eigenvalue weighted by atomic mass is 10.0. The van der Waals surface area contributed by atoms with Gasteiger partial charge in [0.1, 0.15) is 5.82 Å². The number of halogens is 1. The SMILES string of the molecule is Cn1c(NCCCc2cccc3ccccc23)nc(-c2ccncc2)c(-c2ccc(F)cc2)c1=O. The van der Waals surface area contributed by atoms with Crippen LogP contribution >= 0.6 is 0 Å². The Morgan fingerprint density at radius 1 is 0.886 bits per heavy atom. The van der Waals surface area contributed by atoms with E-state index in [9.17, 15) is 9.18 Å². The third-order valence-electron chi connectivity index (χ3n) is 6.16. The highest BCUT2D eigenvalue weighted by Gasteiger charge is 2.18. The normalized spacial score (nSPS) is 11.0. The molecular weight excluding hydrogens is 439 g/mol. The number of nitrogens with one attached hydrogen (secondary N) is 1. The molecule has 6 heteroatoms. The zero-order valence-electron chi connectivity index (χ0n) is 19.4. The van der Waals surface area contributed by atoms with Gasteiger partial charge in [0, 0.05) is 31.5 Å². The molecule has 0 unspecified atom stereocenters. The van der Waals surface area contributed by atoms with Crippen LogP contribution in [0.2, 0.25) is 0 Å². The molecule has 0 amide bonds. The summed E-state index contributed by atoms with van der Waals surface area (Å²) in [7, 11) is 1.70. The number of hydrogen-bond acceptors (Lipinski definition) is 4. The smallest absolute Gasteiger partial charge is 0.263 e. The van der Waals surface area contributed by atoms with E-state index in [1.54, 1.807) is 31.6 Å². The maximum Gasteiger partial charge on any atom is 0.263 e. The van der Waals surface area contributed by atoms with E-state index in [1.165, 1.54) is 33.0 Å². The lowest BCUT2D eigenvalue weighted by Crippen LogP contribution is -2.25. The fourth-order valence-electron chi connectivity index (χ4n) is 4.35. The summed E-state index contributed by atoms with van der Waals surface area (Å²) in [6.07, 6.45) is 5.13. The molecule has 2 heterocycles. The van der Waals surface area contributed by atoms with Crippen molar-refractivity contribution in [3.63, 3.8) is 0 Å². The van der Waals surface area contributed by atoms with Gasteiger partial charge in [0.25, 0.3) is 5.56 Å². The lowest BCUT2D eigenvalue weighted by molar-refractivity contribution is 0.628. The predicted molar refractivity (Wildman–Crippen MR) is 139 cm³/mol. The molecule has 35 heavy (non-hydrogen) atoms. The second-order valence-electron chi connectivity index (χ2n) is 8.43. The average molecular weight is 465 g/mol. The Bertz CT molecular complexity index is 1520. The summed E-state index contributed by atoms with van der Waals surface area (Å²) in [6, 6.07) is 24.3. The van der Waals surface area contributed by atoms with Crippen LogP contribution in [-0.2, 0) is 13.5 Å². The van der Waals surface area contributed by atoms with Gasteiger partial charge in [-0.3, -0.25) is 14.3 Å². The highest BCUT2D eigenvalue weighted by atomic mass is 19.1. The predicted octanol–water partition coefficient (Wildman–Crippen LogP) is 5.85. The van der Waals surface area contributed by atoms with Crippen LogP contribution in [0.25, 0.3) is 33.2 Å². The molecule has 0 fully saturated rings. The monoisotopic (exact) mass is 464 g/mol. The van der Waals surface area contributed by atoms with Gasteiger partial charge in [0.2, 0.25) is 5.95 Å². The Balaban J connectivity index is 1.43. The summed E-state index contributed by atoms with van der Waals surface area (Å²) < 4.78 is 15.0. The molecule has 0 saturated carbocycles. The summed E-state index contributed by atoms with van der Waals surface area (Å²) in [6.45, 7) is 0.662. The molecule has 5 rings (SSSR count). The van der Waals surface area contributed by atoms with Crippen LogP contribution in [0.1, 0.15) is 12.0 Å². The van der Waals surface area contributed by atoms with Crippen LogP contribution in [0, 0.1) is 5.82 Å². The Morgan fingerprint density at radius 2 is 1.63 bits per heavy atom. The number of aromatic nitrogens is 3. The van der Waals surface area contributed by atoms with Gasteiger partial charge in [-0.15, -0.1) is 0 Å². The molecule has 5 nitrogen and oxygen atoms in total. The van der Waals surface area contributed by atoms with Crippen LogP contribution in [0.3, 0.4) is 0 Å². The molecule has 0 bridgehead atoms. The average Bonchev–Trinajstić information content (AvgIpc) is 2.90. The largest absolute Gasteiger partial charge is 0.356 e. The maximum atomic E-state index is 13.5. The van der Waals surface area contributed by atoms with Crippen molar-refractivity contribution >= 4 is 16.7 Å². The number of fused-ring (bicyclic) bond motifs is 1. The minimum atomic E-state index is -0.353. The maximum absolute atomic E-state index is 13.5. The van der Waals surface area contributed by atoms with Gasteiger partial charge in [-0.2, -0.15) is 0 Å². The third-order valence-corrected chi connectivity index (χ3v) is 6.16. The van der Waals surface area contributed by atoms with Gasteiger partial charge >= 0.3 is 0 Å². The molecular formula is C29H25FN4O. The summed E-state index contributed by atoms with van der Waals surface area (Å²) in [5.41, 5.74) is 3.47. The van der Waals surface area contributed by atoms with Gasteiger partial charge < -0.3 is 5.32 Å². The topological polar surface area (TPSA) is 59.8 Å². The fraction of sp³-hybridized carbons (Fsp3) is 0.138. The summed E-state index contributed by atoms with van der Waals surface area (Å²) in [5.74, 6) is 0.138. The van der Waals surface area contributed by atoms with Crippen molar-refractivity contribution in [1.82, 2.24) is 14.5 Å². The quantitative estimate of drug-likeness (QED) is 0.307. The summed E-state index contributed by atoms with van der Waals surface area (Å²) in [5, 5.41) is 5.85. The van der Waals surface area contributed by atoms with Gasteiger partial charge in [0.05, 0.1) is 11.3 Å². The van der Waals surface area contributed by atoms with E-state index in [0.717, 1.165) is 18.4 Å². The van der Waals surface area contributed by atoms with Gasteiger partial charge in [0.15, 0.2) is 0 Å². The van der Waals surface area contributed by atoms with Gasteiger partial charge in [-0.1, -0.05) is 54.6 Å². The standard InChI is InChI=1S/C29H25FN4O/c1-34-28(35)26(22-11-13-24(30)14-12-22)27(23-15-18-31-19-16-23)33-29(34)32-17-5-9-21-8-4-7-20-6-2-3-10-25(20)21/h2-4,6-8,10-16,18-19H,5,9,17H2,1H3,(H,32,33). The molecule has 0 spiro atoms. The van der Waals surface area contributed by atoms with E-state index >= 15 is 0 Å². The van der Waals surface area contributed by atoms with E-state index in [2.05, 4.69) is 52.8 Å². The molecule has 0 saturated heterocycles. The Kier molecular flexibility index (Phi) is 6.35. The lowest BCUT2D eigenvalue weighted by Gasteiger charge is -2.16. The number of aryl methyl sites for hydroxylation is 1. The minimum absolute atomic E-state index is 0.199. The van der Waals surface area contributed by atoms with E-state index in [0.29, 0.717) is 29.3 Å². The highest BCUT2D eigenvalue weighted by molar-refractivity contribution is 5.85. The van der Waals surface area contributed by atoms with Crippen LogP contribution in [-0.4, -0.2) is 21.1 Å². The zero-order valence-corrected chi connectivity index (χ0v) is 19.4. The zero-order chi connectivity index (χ0) is 24.2. The van der Waals surface area contributed by atoms with Crippen LogP contribution in [0.5, 0.6) is 0 Å². The number of anilines is 1. The van der Waals surface area contributed by atoms with Gasteiger partial charge in [-0.05, 0) is 59.0 Å². The van der Waals surface area contributed by atoms with Crippen LogP contribution in [0.4, 0.5) is 10.3 Å². The first-order chi connectivity index (χ1) is 17.1. The molecule has 0 aliphatic rings. The number of rotatable bonds is 7.